The minimum absolute atomic E-state index is 0.0748. The standard InChI is InChI=1S/C24H22N4OS/c1-18-12-14-21(15-13-18)28-22(16-19-8-4-2-5-9-19)26-27-24(28)30-17-23(29)25-20-10-6-3-7-11-20/h2-15H,16-17H2,1H3,(H,25,29). The summed E-state index contributed by atoms with van der Waals surface area (Å²) in [5, 5.41) is 12.4. The van der Waals surface area contributed by atoms with Gasteiger partial charge in [-0.25, -0.2) is 0 Å². The van der Waals surface area contributed by atoms with Gasteiger partial charge in [-0.05, 0) is 36.8 Å². The van der Waals surface area contributed by atoms with E-state index in [0.29, 0.717) is 11.6 Å². The van der Waals surface area contributed by atoms with Crippen LogP contribution < -0.4 is 5.32 Å². The Morgan fingerprint density at radius 3 is 2.27 bits per heavy atom. The van der Waals surface area contributed by atoms with Crippen LogP contribution in [0.4, 0.5) is 5.69 Å². The zero-order chi connectivity index (χ0) is 20.8. The molecule has 150 valence electrons. The first-order valence-corrected chi connectivity index (χ1v) is 10.7. The third-order valence-electron chi connectivity index (χ3n) is 4.59. The number of carbonyl (C=O) groups excluding carboxylic acids is 1. The van der Waals surface area contributed by atoms with Crippen LogP contribution in [0.15, 0.2) is 90.1 Å². The van der Waals surface area contributed by atoms with Crippen molar-refractivity contribution in [2.75, 3.05) is 11.1 Å². The number of hydrogen-bond donors (Lipinski definition) is 1. The average molecular weight is 415 g/mol. The monoisotopic (exact) mass is 414 g/mol. The Labute approximate surface area is 180 Å². The maximum absolute atomic E-state index is 12.4. The number of nitrogens with zero attached hydrogens (tertiary/aromatic N) is 3. The Morgan fingerprint density at radius 1 is 0.900 bits per heavy atom. The zero-order valence-corrected chi connectivity index (χ0v) is 17.5. The van der Waals surface area contributed by atoms with Crippen molar-refractivity contribution in [1.82, 2.24) is 14.8 Å². The highest BCUT2D eigenvalue weighted by molar-refractivity contribution is 7.99. The van der Waals surface area contributed by atoms with E-state index in [4.69, 9.17) is 0 Å². The fraction of sp³-hybridized carbons (Fsp3) is 0.125. The van der Waals surface area contributed by atoms with Crippen LogP contribution in [0.25, 0.3) is 5.69 Å². The lowest BCUT2D eigenvalue weighted by Gasteiger charge is -2.11. The van der Waals surface area contributed by atoms with Gasteiger partial charge in [-0.2, -0.15) is 0 Å². The van der Waals surface area contributed by atoms with Crippen molar-refractivity contribution < 1.29 is 4.79 Å². The molecule has 1 N–H and O–H groups in total. The molecule has 1 aromatic heterocycles. The first kappa shape index (κ1) is 19.9. The molecule has 3 aromatic carbocycles. The number of thioether (sulfide) groups is 1. The first-order valence-electron chi connectivity index (χ1n) is 9.72. The predicted molar refractivity (Wildman–Crippen MR) is 121 cm³/mol. The van der Waals surface area contributed by atoms with E-state index < -0.39 is 0 Å². The number of hydrogen-bond acceptors (Lipinski definition) is 4. The molecule has 0 saturated carbocycles. The molecule has 0 aliphatic rings. The second kappa shape index (κ2) is 9.41. The minimum Gasteiger partial charge on any atom is -0.325 e. The van der Waals surface area contributed by atoms with Gasteiger partial charge in [-0.1, -0.05) is 78.0 Å². The smallest absolute Gasteiger partial charge is 0.234 e. The van der Waals surface area contributed by atoms with E-state index in [2.05, 4.69) is 58.8 Å². The van der Waals surface area contributed by atoms with Gasteiger partial charge in [0.05, 0.1) is 5.75 Å². The molecular formula is C24H22N4OS. The van der Waals surface area contributed by atoms with Gasteiger partial charge in [0, 0.05) is 17.8 Å². The van der Waals surface area contributed by atoms with Crippen LogP contribution in [0.1, 0.15) is 17.0 Å². The summed E-state index contributed by atoms with van der Waals surface area (Å²) in [5.74, 6) is 1.02. The van der Waals surface area contributed by atoms with Crippen molar-refractivity contribution in [3.8, 4) is 5.69 Å². The summed E-state index contributed by atoms with van der Waals surface area (Å²) in [6.45, 7) is 2.06. The molecule has 1 amide bonds. The summed E-state index contributed by atoms with van der Waals surface area (Å²) < 4.78 is 2.03. The number of para-hydroxylation sites is 1. The van der Waals surface area contributed by atoms with E-state index in [0.717, 1.165) is 22.8 Å². The van der Waals surface area contributed by atoms with Gasteiger partial charge in [0.15, 0.2) is 5.16 Å². The van der Waals surface area contributed by atoms with Gasteiger partial charge in [-0.3, -0.25) is 9.36 Å². The number of carbonyl (C=O) groups is 1. The number of benzene rings is 3. The van der Waals surface area contributed by atoms with Crippen LogP contribution >= 0.6 is 11.8 Å². The van der Waals surface area contributed by atoms with Crippen molar-refractivity contribution in [3.05, 3.63) is 102 Å². The topological polar surface area (TPSA) is 59.8 Å². The third kappa shape index (κ3) is 4.96. The maximum atomic E-state index is 12.4. The van der Waals surface area contributed by atoms with Crippen molar-refractivity contribution >= 4 is 23.4 Å². The second-order valence-electron chi connectivity index (χ2n) is 6.94. The summed E-state index contributed by atoms with van der Waals surface area (Å²) in [7, 11) is 0. The highest BCUT2D eigenvalue weighted by Gasteiger charge is 2.16. The van der Waals surface area contributed by atoms with Crippen LogP contribution in [0, 0.1) is 6.92 Å². The molecule has 4 aromatic rings. The fourth-order valence-corrected chi connectivity index (χ4v) is 3.86. The van der Waals surface area contributed by atoms with Gasteiger partial charge in [0.25, 0.3) is 0 Å². The quantitative estimate of drug-likeness (QED) is 0.437. The number of aryl methyl sites for hydroxylation is 1. The first-order chi connectivity index (χ1) is 14.7. The molecule has 6 heteroatoms. The molecule has 0 aliphatic heterocycles. The normalized spacial score (nSPS) is 10.7. The van der Waals surface area contributed by atoms with E-state index in [-0.39, 0.29) is 11.7 Å². The lowest BCUT2D eigenvalue weighted by atomic mass is 10.1. The fourth-order valence-electron chi connectivity index (χ4n) is 3.09. The van der Waals surface area contributed by atoms with Crippen LogP contribution in [0.3, 0.4) is 0 Å². The third-order valence-corrected chi connectivity index (χ3v) is 5.52. The predicted octanol–water partition coefficient (Wildman–Crippen LogP) is 4.90. The second-order valence-corrected chi connectivity index (χ2v) is 7.88. The molecule has 0 spiro atoms. The molecular weight excluding hydrogens is 392 g/mol. The van der Waals surface area contributed by atoms with Gasteiger partial charge in [0.1, 0.15) is 5.82 Å². The Morgan fingerprint density at radius 2 is 1.57 bits per heavy atom. The van der Waals surface area contributed by atoms with Crippen LogP contribution in [0.2, 0.25) is 0 Å². The van der Waals surface area contributed by atoms with E-state index in [1.165, 1.54) is 17.3 Å². The summed E-state index contributed by atoms with van der Waals surface area (Å²) in [5.41, 5.74) is 4.12. The van der Waals surface area contributed by atoms with Gasteiger partial charge in [-0.15, -0.1) is 10.2 Å². The van der Waals surface area contributed by atoms with Crippen molar-refractivity contribution in [2.45, 2.75) is 18.5 Å². The Kier molecular flexibility index (Phi) is 6.25. The molecule has 0 unspecified atom stereocenters. The zero-order valence-electron chi connectivity index (χ0n) is 16.7. The number of rotatable bonds is 7. The summed E-state index contributed by atoms with van der Waals surface area (Å²) in [6.07, 6.45) is 0.665. The highest BCUT2D eigenvalue weighted by Crippen LogP contribution is 2.24. The number of nitrogens with one attached hydrogen (secondary N) is 1. The van der Waals surface area contributed by atoms with E-state index in [1.54, 1.807) is 0 Å². The van der Waals surface area contributed by atoms with Crippen molar-refractivity contribution in [1.29, 1.82) is 0 Å². The molecule has 0 aliphatic carbocycles. The molecule has 0 fully saturated rings. The Bertz CT molecular complexity index is 1110. The lowest BCUT2D eigenvalue weighted by molar-refractivity contribution is -0.113. The van der Waals surface area contributed by atoms with Crippen molar-refractivity contribution in [3.63, 3.8) is 0 Å². The molecule has 0 atom stereocenters. The van der Waals surface area contributed by atoms with Gasteiger partial charge >= 0.3 is 0 Å². The molecule has 30 heavy (non-hydrogen) atoms. The average Bonchev–Trinajstić information content (AvgIpc) is 3.16. The maximum Gasteiger partial charge on any atom is 0.234 e. The van der Waals surface area contributed by atoms with E-state index in [9.17, 15) is 4.79 Å². The summed E-state index contributed by atoms with van der Waals surface area (Å²) >= 11 is 1.38. The molecule has 0 bridgehead atoms. The van der Waals surface area contributed by atoms with E-state index >= 15 is 0 Å². The van der Waals surface area contributed by atoms with Gasteiger partial charge in [0.2, 0.25) is 5.91 Å². The number of aromatic nitrogens is 3. The molecule has 4 rings (SSSR count). The summed E-state index contributed by atoms with van der Waals surface area (Å²) in [6, 6.07) is 27.9. The largest absolute Gasteiger partial charge is 0.325 e. The van der Waals surface area contributed by atoms with Crippen molar-refractivity contribution in [2.24, 2.45) is 0 Å². The van der Waals surface area contributed by atoms with Crippen LogP contribution in [-0.2, 0) is 11.2 Å². The molecule has 5 nitrogen and oxygen atoms in total. The van der Waals surface area contributed by atoms with Crippen LogP contribution in [-0.4, -0.2) is 26.4 Å². The lowest BCUT2D eigenvalue weighted by Crippen LogP contribution is -2.14. The molecule has 0 saturated heterocycles. The number of anilines is 1. The van der Waals surface area contributed by atoms with Crippen LogP contribution in [0.5, 0.6) is 0 Å². The highest BCUT2D eigenvalue weighted by atomic mass is 32.2. The molecule has 1 heterocycles. The SMILES string of the molecule is Cc1ccc(-n2c(Cc3ccccc3)nnc2SCC(=O)Nc2ccccc2)cc1. The Balaban J connectivity index is 1.56. The molecule has 0 radical (unpaired) electrons. The Hall–Kier alpha value is -3.38. The number of amides is 1. The minimum atomic E-state index is -0.0748. The van der Waals surface area contributed by atoms with Gasteiger partial charge < -0.3 is 5.32 Å². The van der Waals surface area contributed by atoms with E-state index in [1.807, 2.05) is 53.1 Å². The summed E-state index contributed by atoms with van der Waals surface area (Å²) in [4.78, 5) is 12.4.